The van der Waals surface area contributed by atoms with Crippen LogP contribution in [0.5, 0.6) is 0 Å². The number of hydrogen-bond donors (Lipinski definition) is 1. The Labute approximate surface area is 107 Å². The number of nitrogens with one attached hydrogen (secondary N) is 1. The van der Waals surface area contributed by atoms with E-state index >= 15 is 0 Å². The first-order valence-electron chi connectivity index (χ1n) is 4.65. The van der Waals surface area contributed by atoms with Crippen LogP contribution in [0.4, 0.5) is 0 Å². The van der Waals surface area contributed by atoms with Gasteiger partial charge < -0.3 is 5.32 Å². The summed E-state index contributed by atoms with van der Waals surface area (Å²) >= 11 is 8.77. The number of alkyl halides is 1. The largest absolute Gasteiger partial charge is 0.308 e. The number of thiophene rings is 1. The third-order valence-corrected chi connectivity index (χ3v) is 4.53. The van der Waals surface area contributed by atoms with Gasteiger partial charge in [0.1, 0.15) is 0 Å². The standard InChI is InChI=1S/C10H15Br2NS/c1-7(2)10(4-11)13-5-9-3-8(12)6-14-9/h3,6-7,10,13H,4-5H2,1-2H3. The Bertz CT molecular complexity index is 273. The molecule has 0 saturated heterocycles. The summed E-state index contributed by atoms with van der Waals surface area (Å²) < 4.78 is 1.18. The van der Waals surface area contributed by atoms with Gasteiger partial charge in [0.05, 0.1) is 0 Å². The summed E-state index contributed by atoms with van der Waals surface area (Å²) in [5.41, 5.74) is 0. The maximum absolute atomic E-state index is 3.54. The summed E-state index contributed by atoms with van der Waals surface area (Å²) in [6.45, 7) is 5.44. The van der Waals surface area contributed by atoms with Gasteiger partial charge in [-0.1, -0.05) is 29.8 Å². The zero-order valence-corrected chi connectivity index (χ0v) is 12.4. The van der Waals surface area contributed by atoms with Crippen LogP contribution < -0.4 is 5.32 Å². The Morgan fingerprint density at radius 2 is 2.21 bits per heavy atom. The lowest BCUT2D eigenvalue weighted by Crippen LogP contribution is -2.34. The van der Waals surface area contributed by atoms with Crippen molar-refractivity contribution >= 4 is 43.2 Å². The van der Waals surface area contributed by atoms with Crippen molar-refractivity contribution < 1.29 is 0 Å². The summed E-state index contributed by atoms with van der Waals surface area (Å²) in [5.74, 6) is 0.665. The predicted molar refractivity (Wildman–Crippen MR) is 71.3 cm³/mol. The van der Waals surface area contributed by atoms with Crippen LogP contribution in [0.15, 0.2) is 15.9 Å². The van der Waals surface area contributed by atoms with Gasteiger partial charge in [0, 0.05) is 32.6 Å². The molecule has 80 valence electrons. The van der Waals surface area contributed by atoms with Crippen LogP contribution in [-0.2, 0) is 6.54 Å². The molecule has 0 spiro atoms. The normalized spacial score (nSPS) is 13.5. The van der Waals surface area contributed by atoms with Gasteiger partial charge in [0.25, 0.3) is 0 Å². The fourth-order valence-electron chi connectivity index (χ4n) is 1.15. The highest BCUT2D eigenvalue weighted by Crippen LogP contribution is 2.19. The van der Waals surface area contributed by atoms with Gasteiger partial charge in [-0.25, -0.2) is 0 Å². The minimum atomic E-state index is 0.552. The fourth-order valence-corrected chi connectivity index (χ4v) is 3.53. The molecule has 0 bridgehead atoms. The lowest BCUT2D eigenvalue weighted by atomic mass is 10.1. The van der Waals surface area contributed by atoms with Crippen molar-refractivity contribution in [3.63, 3.8) is 0 Å². The third-order valence-electron chi connectivity index (χ3n) is 2.13. The number of rotatable bonds is 5. The average molecular weight is 341 g/mol. The molecule has 0 fully saturated rings. The quantitative estimate of drug-likeness (QED) is 0.798. The van der Waals surface area contributed by atoms with Crippen LogP contribution in [0, 0.1) is 5.92 Å². The monoisotopic (exact) mass is 339 g/mol. The van der Waals surface area contributed by atoms with E-state index in [1.165, 1.54) is 9.35 Å². The Hall–Kier alpha value is 0.620. The summed E-state index contributed by atoms with van der Waals surface area (Å²) in [6.07, 6.45) is 0. The van der Waals surface area contributed by atoms with Crippen molar-refractivity contribution in [2.75, 3.05) is 5.33 Å². The summed E-state index contributed by atoms with van der Waals surface area (Å²) in [5, 5.41) is 6.67. The van der Waals surface area contributed by atoms with Crippen LogP contribution >= 0.6 is 43.2 Å². The fraction of sp³-hybridized carbons (Fsp3) is 0.600. The summed E-state index contributed by atoms with van der Waals surface area (Å²) in [6, 6.07) is 2.72. The Morgan fingerprint density at radius 1 is 1.50 bits per heavy atom. The molecule has 0 saturated carbocycles. The zero-order chi connectivity index (χ0) is 10.6. The molecule has 0 aliphatic heterocycles. The molecule has 1 aromatic heterocycles. The van der Waals surface area contributed by atoms with E-state index in [0.717, 1.165) is 11.9 Å². The van der Waals surface area contributed by atoms with Crippen molar-refractivity contribution in [2.24, 2.45) is 5.92 Å². The average Bonchev–Trinajstić information content (AvgIpc) is 2.52. The highest BCUT2D eigenvalue weighted by molar-refractivity contribution is 9.10. The van der Waals surface area contributed by atoms with Crippen molar-refractivity contribution in [3.05, 3.63) is 20.8 Å². The molecule has 14 heavy (non-hydrogen) atoms. The van der Waals surface area contributed by atoms with Crippen LogP contribution in [0.2, 0.25) is 0 Å². The molecule has 0 amide bonds. The maximum Gasteiger partial charge on any atom is 0.0303 e. The van der Waals surface area contributed by atoms with Crippen LogP contribution in [0.25, 0.3) is 0 Å². The lowest BCUT2D eigenvalue weighted by molar-refractivity contribution is 0.435. The van der Waals surface area contributed by atoms with E-state index in [1.807, 2.05) is 0 Å². The molecule has 0 aliphatic rings. The number of hydrogen-bond acceptors (Lipinski definition) is 2. The zero-order valence-electron chi connectivity index (χ0n) is 8.39. The first-order chi connectivity index (χ1) is 6.63. The third kappa shape index (κ3) is 4.01. The Balaban J connectivity index is 2.39. The molecule has 0 radical (unpaired) electrons. The molecule has 1 nitrogen and oxygen atoms in total. The van der Waals surface area contributed by atoms with Crippen molar-refractivity contribution in [2.45, 2.75) is 26.4 Å². The van der Waals surface area contributed by atoms with Crippen molar-refractivity contribution in [1.82, 2.24) is 5.32 Å². The van der Waals surface area contributed by atoms with E-state index < -0.39 is 0 Å². The molecule has 0 aromatic carbocycles. The lowest BCUT2D eigenvalue weighted by Gasteiger charge is -2.19. The molecule has 1 unspecified atom stereocenters. The molecule has 4 heteroatoms. The van der Waals surface area contributed by atoms with E-state index in [0.29, 0.717) is 12.0 Å². The van der Waals surface area contributed by atoms with Gasteiger partial charge in [0.2, 0.25) is 0 Å². The van der Waals surface area contributed by atoms with E-state index in [9.17, 15) is 0 Å². The van der Waals surface area contributed by atoms with Gasteiger partial charge in [-0.3, -0.25) is 0 Å². The van der Waals surface area contributed by atoms with Gasteiger partial charge in [0.15, 0.2) is 0 Å². The van der Waals surface area contributed by atoms with Crippen molar-refractivity contribution in [3.8, 4) is 0 Å². The summed E-state index contributed by atoms with van der Waals surface area (Å²) in [7, 11) is 0. The molecule has 1 N–H and O–H groups in total. The second-order valence-electron chi connectivity index (χ2n) is 3.62. The highest BCUT2D eigenvalue weighted by Gasteiger charge is 2.10. The van der Waals surface area contributed by atoms with E-state index in [4.69, 9.17) is 0 Å². The predicted octanol–water partition coefficient (Wildman–Crippen LogP) is 4.02. The second-order valence-corrected chi connectivity index (χ2v) is 6.18. The van der Waals surface area contributed by atoms with E-state index in [1.54, 1.807) is 11.3 Å². The van der Waals surface area contributed by atoms with E-state index in [2.05, 4.69) is 62.5 Å². The van der Waals surface area contributed by atoms with Gasteiger partial charge in [-0.2, -0.15) is 0 Å². The van der Waals surface area contributed by atoms with E-state index in [-0.39, 0.29) is 0 Å². The molecule has 1 atom stereocenters. The highest BCUT2D eigenvalue weighted by atomic mass is 79.9. The van der Waals surface area contributed by atoms with Crippen LogP contribution in [0.1, 0.15) is 18.7 Å². The minimum Gasteiger partial charge on any atom is -0.308 e. The Morgan fingerprint density at radius 3 is 2.64 bits per heavy atom. The molecular weight excluding hydrogens is 326 g/mol. The Kier molecular flexibility index (Phi) is 5.67. The van der Waals surface area contributed by atoms with Crippen LogP contribution in [0.3, 0.4) is 0 Å². The molecule has 1 heterocycles. The first kappa shape index (κ1) is 12.7. The summed E-state index contributed by atoms with van der Waals surface area (Å²) in [4.78, 5) is 1.38. The second kappa shape index (κ2) is 6.26. The molecule has 1 rings (SSSR count). The number of halogens is 2. The minimum absolute atomic E-state index is 0.552. The smallest absolute Gasteiger partial charge is 0.0303 e. The first-order valence-corrected chi connectivity index (χ1v) is 7.45. The van der Waals surface area contributed by atoms with Gasteiger partial charge in [-0.05, 0) is 27.9 Å². The molecule has 0 aliphatic carbocycles. The van der Waals surface area contributed by atoms with Crippen molar-refractivity contribution in [1.29, 1.82) is 0 Å². The topological polar surface area (TPSA) is 12.0 Å². The van der Waals surface area contributed by atoms with Crippen LogP contribution in [-0.4, -0.2) is 11.4 Å². The molecule has 1 aromatic rings. The molecular formula is C10H15Br2NS. The maximum atomic E-state index is 3.54. The van der Waals surface area contributed by atoms with Gasteiger partial charge in [-0.15, -0.1) is 11.3 Å². The van der Waals surface area contributed by atoms with Gasteiger partial charge >= 0.3 is 0 Å². The SMILES string of the molecule is CC(C)C(CBr)NCc1cc(Br)cs1.